The summed E-state index contributed by atoms with van der Waals surface area (Å²) in [6.07, 6.45) is 2.38. The van der Waals surface area contributed by atoms with E-state index >= 15 is 0 Å². The molecular weight excluding hydrogens is 298 g/mol. The maximum Gasteiger partial charge on any atom is 0.282 e. The highest BCUT2D eigenvalue weighted by atomic mass is 32.2. The van der Waals surface area contributed by atoms with Crippen LogP contribution in [0.3, 0.4) is 0 Å². The van der Waals surface area contributed by atoms with E-state index in [0.717, 1.165) is 12.8 Å². The van der Waals surface area contributed by atoms with Gasteiger partial charge in [0.15, 0.2) is 0 Å². The number of rotatable bonds is 8. The summed E-state index contributed by atoms with van der Waals surface area (Å²) in [5.74, 6) is 0.401. The van der Waals surface area contributed by atoms with Crippen molar-refractivity contribution in [3.8, 4) is 0 Å². The van der Waals surface area contributed by atoms with Crippen LogP contribution in [0.5, 0.6) is 0 Å². The van der Waals surface area contributed by atoms with E-state index in [1.54, 1.807) is 11.4 Å². The lowest BCUT2D eigenvalue weighted by molar-refractivity contribution is 0.173. The predicted octanol–water partition coefficient (Wildman–Crippen LogP) is 0.588. The maximum absolute atomic E-state index is 12.7. The number of nitrogens with two attached hydrogens (primary N) is 1. The first-order chi connectivity index (χ1) is 9.37. The summed E-state index contributed by atoms with van der Waals surface area (Å²) in [6, 6.07) is 0. The molecular formula is C12H25N3O3S2. The van der Waals surface area contributed by atoms with Crippen LogP contribution in [-0.4, -0.2) is 61.9 Å². The Balaban J connectivity index is 2.76. The fourth-order valence-corrected chi connectivity index (χ4v) is 4.14. The number of ether oxygens (including phenoxy) is 1. The van der Waals surface area contributed by atoms with Gasteiger partial charge in [0.05, 0.1) is 11.6 Å². The lowest BCUT2D eigenvalue weighted by atomic mass is 10.0. The van der Waals surface area contributed by atoms with Crippen LogP contribution in [0.1, 0.15) is 26.2 Å². The molecule has 0 aromatic heterocycles. The standard InChI is InChI=1S/C12H25N3O3S2/c1-11-4-3-6-15(10-11)20(16,17)14(8-9-18-2)7-5-12(13)19/h11H,3-10H2,1-2H3,(H2,13,19). The zero-order valence-corrected chi connectivity index (χ0v) is 13.9. The fraction of sp³-hybridized carbons (Fsp3) is 0.917. The highest BCUT2D eigenvalue weighted by molar-refractivity contribution is 7.86. The molecule has 1 rings (SSSR count). The van der Waals surface area contributed by atoms with Crippen LogP contribution in [0, 0.1) is 5.92 Å². The number of thiocarbonyl (C=S) groups is 1. The second kappa shape index (κ2) is 8.23. The number of piperidine rings is 1. The molecule has 0 saturated carbocycles. The summed E-state index contributed by atoms with van der Waals surface area (Å²) >= 11 is 4.84. The minimum absolute atomic E-state index is 0.311. The molecule has 1 heterocycles. The van der Waals surface area contributed by atoms with E-state index in [1.165, 1.54) is 4.31 Å². The van der Waals surface area contributed by atoms with Crippen LogP contribution in [0.25, 0.3) is 0 Å². The molecule has 1 atom stereocenters. The monoisotopic (exact) mass is 323 g/mol. The molecule has 118 valence electrons. The SMILES string of the molecule is COCCN(CCC(N)=S)S(=O)(=O)N1CCCC(C)C1. The molecule has 2 N–H and O–H groups in total. The van der Waals surface area contributed by atoms with Gasteiger partial charge in [-0.25, -0.2) is 0 Å². The van der Waals surface area contributed by atoms with Gasteiger partial charge in [0.1, 0.15) is 0 Å². The molecule has 0 aliphatic carbocycles. The highest BCUT2D eigenvalue weighted by Crippen LogP contribution is 2.20. The minimum atomic E-state index is -3.45. The lowest BCUT2D eigenvalue weighted by Crippen LogP contribution is -2.49. The van der Waals surface area contributed by atoms with Crippen molar-refractivity contribution in [3.63, 3.8) is 0 Å². The highest BCUT2D eigenvalue weighted by Gasteiger charge is 2.32. The summed E-state index contributed by atoms with van der Waals surface area (Å²) in [5, 5.41) is 0. The molecule has 0 spiro atoms. The van der Waals surface area contributed by atoms with E-state index < -0.39 is 10.2 Å². The zero-order valence-electron chi connectivity index (χ0n) is 12.2. The first kappa shape index (κ1) is 17.8. The largest absolute Gasteiger partial charge is 0.393 e. The van der Waals surface area contributed by atoms with Gasteiger partial charge in [0.25, 0.3) is 10.2 Å². The summed E-state index contributed by atoms with van der Waals surface area (Å²) in [6.45, 7) is 4.25. The van der Waals surface area contributed by atoms with E-state index in [0.29, 0.717) is 50.1 Å². The molecule has 0 bridgehead atoms. The van der Waals surface area contributed by atoms with Gasteiger partial charge in [0, 0.05) is 39.7 Å². The van der Waals surface area contributed by atoms with E-state index in [4.69, 9.17) is 22.7 Å². The molecule has 6 nitrogen and oxygen atoms in total. The summed E-state index contributed by atoms with van der Waals surface area (Å²) in [5.41, 5.74) is 5.48. The molecule has 1 aliphatic heterocycles. The Kier molecular flexibility index (Phi) is 7.32. The smallest absolute Gasteiger partial charge is 0.282 e. The van der Waals surface area contributed by atoms with Gasteiger partial charge in [-0.1, -0.05) is 19.1 Å². The molecule has 1 unspecified atom stereocenters. The van der Waals surface area contributed by atoms with Crippen LogP contribution < -0.4 is 5.73 Å². The fourth-order valence-electron chi connectivity index (χ4n) is 2.29. The second-order valence-corrected chi connectivity index (χ2v) is 7.67. The summed E-state index contributed by atoms with van der Waals surface area (Å²) in [4.78, 5) is 0.328. The topological polar surface area (TPSA) is 75.9 Å². The van der Waals surface area contributed by atoms with Crippen LogP contribution in [0.4, 0.5) is 0 Å². The van der Waals surface area contributed by atoms with Crippen molar-refractivity contribution in [2.75, 3.05) is 39.9 Å². The number of methoxy groups -OCH3 is 1. The molecule has 1 saturated heterocycles. The van der Waals surface area contributed by atoms with Gasteiger partial charge in [-0.3, -0.25) is 0 Å². The quantitative estimate of drug-likeness (QED) is 0.662. The van der Waals surface area contributed by atoms with Crippen molar-refractivity contribution in [3.05, 3.63) is 0 Å². The average molecular weight is 323 g/mol. The van der Waals surface area contributed by atoms with Crippen molar-refractivity contribution in [1.29, 1.82) is 0 Å². The molecule has 0 aromatic rings. The number of hydrogen-bond acceptors (Lipinski definition) is 4. The Hall–Kier alpha value is -0.280. The molecule has 20 heavy (non-hydrogen) atoms. The van der Waals surface area contributed by atoms with E-state index in [1.807, 2.05) is 0 Å². The Morgan fingerprint density at radius 1 is 1.50 bits per heavy atom. The first-order valence-electron chi connectivity index (χ1n) is 6.90. The van der Waals surface area contributed by atoms with Crippen molar-refractivity contribution in [2.45, 2.75) is 26.2 Å². The summed E-state index contributed by atoms with van der Waals surface area (Å²) < 4.78 is 33.3. The lowest BCUT2D eigenvalue weighted by Gasteiger charge is -2.34. The molecule has 8 heteroatoms. The van der Waals surface area contributed by atoms with Crippen molar-refractivity contribution >= 4 is 27.4 Å². The third-order valence-electron chi connectivity index (χ3n) is 3.42. The van der Waals surface area contributed by atoms with Crippen LogP contribution in [0.2, 0.25) is 0 Å². The van der Waals surface area contributed by atoms with Gasteiger partial charge in [-0.2, -0.15) is 17.0 Å². The van der Waals surface area contributed by atoms with E-state index in [2.05, 4.69) is 6.92 Å². The van der Waals surface area contributed by atoms with Gasteiger partial charge in [-0.15, -0.1) is 0 Å². The van der Waals surface area contributed by atoms with Gasteiger partial charge in [0.2, 0.25) is 0 Å². The number of hydrogen-bond donors (Lipinski definition) is 1. The third-order valence-corrected chi connectivity index (χ3v) is 5.63. The third kappa shape index (κ3) is 5.25. The Bertz CT molecular complexity index is 414. The molecule has 1 aliphatic rings. The normalized spacial score (nSPS) is 21.2. The minimum Gasteiger partial charge on any atom is -0.393 e. The zero-order chi connectivity index (χ0) is 15.2. The molecule has 0 amide bonds. The molecule has 1 fully saturated rings. The van der Waals surface area contributed by atoms with Crippen LogP contribution in [0.15, 0.2) is 0 Å². The molecule has 0 radical (unpaired) electrons. The Morgan fingerprint density at radius 2 is 2.20 bits per heavy atom. The predicted molar refractivity (Wildman–Crippen MR) is 83.7 cm³/mol. The van der Waals surface area contributed by atoms with E-state index in [-0.39, 0.29) is 0 Å². The van der Waals surface area contributed by atoms with Crippen molar-refractivity contribution < 1.29 is 13.2 Å². The average Bonchev–Trinajstić information content (AvgIpc) is 2.38. The maximum atomic E-state index is 12.7. The van der Waals surface area contributed by atoms with Crippen molar-refractivity contribution in [1.82, 2.24) is 8.61 Å². The Morgan fingerprint density at radius 3 is 2.75 bits per heavy atom. The van der Waals surface area contributed by atoms with Gasteiger partial charge < -0.3 is 10.5 Å². The number of nitrogens with zero attached hydrogens (tertiary/aromatic N) is 2. The van der Waals surface area contributed by atoms with Crippen LogP contribution >= 0.6 is 12.2 Å². The second-order valence-electron chi connectivity index (χ2n) is 5.22. The van der Waals surface area contributed by atoms with Crippen molar-refractivity contribution in [2.24, 2.45) is 11.7 Å². The van der Waals surface area contributed by atoms with Gasteiger partial charge >= 0.3 is 0 Å². The van der Waals surface area contributed by atoms with Crippen LogP contribution in [-0.2, 0) is 14.9 Å². The van der Waals surface area contributed by atoms with E-state index in [9.17, 15) is 8.42 Å². The molecule has 0 aromatic carbocycles. The Labute approximate surface area is 127 Å². The van der Waals surface area contributed by atoms with Gasteiger partial charge in [-0.05, 0) is 18.8 Å². The first-order valence-corrected chi connectivity index (χ1v) is 8.71. The summed E-state index contributed by atoms with van der Waals surface area (Å²) in [7, 11) is -1.90.